The molecule has 29 heavy (non-hydrogen) atoms. The Morgan fingerprint density at radius 3 is 2.59 bits per heavy atom. The van der Waals surface area contributed by atoms with Gasteiger partial charge in [0, 0.05) is 24.3 Å². The van der Waals surface area contributed by atoms with Crippen molar-refractivity contribution in [2.45, 2.75) is 38.7 Å². The van der Waals surface area contributed by atoms with Crippen LogP contribution in [0.2, 0.25) is 5.02 Å². The van der Waals surface area contributed by atoms with E-state index in [2.05, 4.69) is 10.1 Å². The fraction of sp³-hybridized carbons (Fsp3) is 0.409. The number of fused-ring (bicyclic) bond motifs is 1. The molecule has 1 N–H and O–H groups in total. The number of halogens is 1. The minimum Gasteiger partial charge on any atom is -0.388 e. The van der Waals surface area contributed by atoms with Gasteiger partial charge in [-0.15, -0.1) is 0 Å². The normalized spacial score (nSPS) is 16.5. The van der Waals surface area contributed by atoms with Crippen molar-refractivity contribution in [3.05, 3.63) is 58.4 Å². The monoisotopic (exact) mass is 413 g/mol. The van der Waals surface area contributed by atoms with Crippen molar-refractivity contribution in [2.24, 2.45) is 5.92 Å². The summed E-state index contributed by atoms with van der Waals surface area (Å²) in [6.45, 7) is 5.27. The summed E-state index contributed by atoms with van der Waals surface area (Å²) in [5, 5.41) is 16.2. The number of carbonyl (C=O) groups is 1. The number of hydrogen-bond acceptors (Lipinski definition) is 5. The highest BCUT2D eigenvalue weighted by atomic mass is 35.5. The summed E-state index contributed by atoms with van der Waals surface area (Å²) in [6.07, 6.45) is 2.49. The van der Waals surface area contributed by atoms with E-state index in [0.717, 1.165) is 29.5 Å². The average molecular weight is 414 g/mol. The second kappa shape index (κ2) is 8.13. The van der Waals surface area contributed by atoms with Gasteiger partial charge < -0.3 is 14.5 Å². The van der Waals surface area contributed by atoms with Gasteiger partial charge in [-0.2, -0.15) is 0 Å². The molecular weight excluding hydrogens is 390 g/mol. The summed E-state index contributed by atoms with van der Waals surface area (Å²) >= 11 is 5.93. The maximum atomic E-state index is 13.0. The van der Waals surface area contributed by atoms with Crippen LogP contribution in [-0.2, 0) is 0 Å². The SMILES string of the molecule is CC(C)c1noc2ncc(C(=O)N3CCC([C@@H](O)c4ccc(Cl)cc4)CC3)cc12. The van der Waals surface area contributed by atoms with Gasteiger partial charge >= 0.3 is 0 Å². The fourth-order valence-electron chi connectivity index (χ4n) is 3.92. The van der Waals surface area contributed by atoms with Crippen molar-refractivity contribution in [1.82, 2.24) is 15.0 Å². The Kier molecular flexibility index (Phi) is 5.56. The third-order valence-electron chi connectivity index (χ3n) is 5.64. The summed E-state index contributed by atoms with van der Waals surface area (Å²) in [7, 11) is 0. The number of aliphatic hydroxyl groups excluding tert-OH is 1. The molecule has 1 atom stereocenters. The number of hydrogen-bond donors (Lipinski definition) is 1. The molecule has 1 aromatic carbocycles. The first kappa shape index (κ1) is 19.9. The molecule has 6 nitrogen and oxygen atoms in total. The first-order chi connectivity index (χ1) is 13.9. The van der Waals surface area contributed by atoms with Gasteiger partial charge in [-0.05, 0) is 48.4 Å². The largest absolute Gasteiger partial charge is 0.388 e. The summed E-state index contributed by atoms with van der Waals surface area (Å²) in [6, 6.07) is 9.12. The molecule has 1 aliphatic heterocycles. The molecule has 152 valence electrons. The minimum atomic E-state index is -0.548. The Morgan fingerprint density at radius 1 is 1.24 bits per heavy atom. The smallest absolute Gasteiger partial charge is 0.257 e. The molecule has 2 aromatic heterocycles. The molecule has 0 aliphatic carbocycles. The molecule has 3 aromatic rings. The van der Waals surface area contributed by atoms with Gasteiger partial charge in [0.2, 0.25) is 0 Å². The minimum absolute atomic E-state index is 0.0465. The second-order valence-electron chi connectivity index (χ2n) is 7.93. The lowest BCUT2D eigenvalue weighted by Crippen LogP contribution is -2.39. The third kappa shape index (κ3) is 4.00. The average Bonchev–Trinajstić information content (AvgIpc) is 3.17. The number of aromatic nitrogens is 2. The highest BCUT2D eigenvalue weighted by Gasteiger charge is 2.29. The Balaban J connectivity index is 1.44. The van der Waals surface area contributed by atoms with E-state index in [1.165, 1.54) is 0 Å². The number of nitrogens with zero attached hydrogens (tertiary/aromatic N) is 3. The van der Waals surface area contributed by atoms with E-state index in [0.29, 0.717) is 29.4 Å². The topological polar surface area (TPSA) is 79.5 Å². The van der Waals surface area contributed by atoms with Gasteiger partial charge in [0.05, 0.1) is 22.7 Å². The van der Waals surface area contributed by atoms with Gasteiger partial charge in [-0.3, -0.25) is 4.79 Å². The number of piperidine rings is 1. The van der Waals surface area contributed by atoms with E-state index in [1.807, 2.05) is 36.9 Å². The molecule has 0 bridgehead atoms. The second-order valence-corrected chi connectivity index (χ2v) is 8.36. The van der Waals surface area contributed by atoms with Gasteiger partial charge in [-0.1, -0.05) is 42.7 Å². The van der Waals surface area contributed by atoms with Gasteiger partial charge in [0.1, 0.15) is 0 Å². The molecule has 4 rings (SSSR count). The van der Waals surface area contributed by atoms with Crippen molar-refractivity contribution >= 4 is 28.6 Å². The number of amides is 1. The highest BCUT2D eigenvalue weighted by molar-refractivity contribution is 6.30. The molecule has 7 heteroatoms. The lowest BCUT2D eigenvalue weighted by atomic mass is 9.87. The lowest BCUT2D eigenvalue weighted by molar-refractivity contribution is 0.0462. The molecule has 1 amide bonds. The zero-order chi connectivity index (χ0) is 20.5. The molecule has 1 saturated heterocycles. The van der Waals surface area contributed by atoms with Crippen LogP contribution in [0.25, 0.3) is 11.1 Å². The van der Waals surface area contributed by atoms with Crippen LogP contribution in [0.4, 0.5) is 0 Å². The summed E-state index contributed by atoms with van der Waals surface area (Å²) < 4.78 is 5.26. The first-order valence-electron chi connectivity index (χ1n) is 9.92. The van der Waals surface area contributed by atoms with Crippen LogP contribution in [-0.4, -0.2) is 39.1 Å². The van der Waals surface area contributed by atoms with Gasteiger partial charge in [0.15, 0.2) is 0 Å². The van der Waals surface area contributed by atoms with Crippen LogP contribution in [0.5, 0.6) is 0 Å². The van der Waals surface area contributed by atoms with Crippen molar-refractivity contribution in [3.8, 4) is 0 Å². The fourth-order valence-corrected chi connectivity index (χ4v) is 4.04. The summed E-state index contributed by atoms with van der Waals surface area (Å²) in [5.41, 5.74) is 2.67. The molecule has 1 aliphatic rings. The van der Waals surface area contributed by atoms with E-state index in [9.17, 15) is 9.90 Å². The van der Waals surface area contributed by atoms with Crippen molar-refractivity contribution in [2.75, 3.05) is 13.1 Å². The Labute approximate surface area is 174 Å². The number of benzene rings is 1. The predicted molar refractivity (Wildman–Crippen MR) is 111 cm³/mol. The Morgan fingerprint density at radius 2 is 1.93 bits per heavy atom. The zero-order valence-corrected chi connectivity index (χ0v) is 17.3. The van der Waals surface area contributed by atoms with Crippen LogP contribution in [0.1, 0.15) is 60.3 Å². The standard InChI is InChI=1S/C22H24ClN3O3/c1-13(2)19-18-11-16(12-24-21(18)29-25-19)22(28)26-9-7-15(8-10-26)20(27)14-3-5-17(23)6-4-14/h3-6,11-13,15,20,27H,7-10H2,1-2H3/t20-/m0/s1. The molecular formula is C22H24ClN3O3. The maximum absolute atomic E-state index is 13.0. The lowest BCUT2D eigenvalue weighted by Gasteiger charge is -2.34. The molecule has 1 fully saturated rings. The molecule has 3 heterocycles. The number of pyridine rings is 1. The van der Waals surface area contributed by atoms with Crippen LogP contribution >= 0.6 is 11.6 Å². The molecule has 0 radical (unpaired) electrons. The molecule has 0 unspecified atom stereocenters. The number of carbonyl (C=O) groups excluding carboxylic acids is 1. The number of rotatable bonds is 4. The Hall–Kier alpha value is -2.44. The number of aliphatic hydroxyl groups is 1. The van der Waals surface area contributed by atoms with Crippen LogP contribution in [0, 0.1) is 5.92 Å². The van der Waals surface area contributed by atoms with E-state index in [1.54, 1.807) is 18.3 Å². The van der Waals surface area contributed by atoms with Gasteiger partial charge in [-0.25, -0.2) is 4.98 Å². The zero-order valence-electron chi connectivity index (χ0n) is 16.5. The van der Waals surface area contributed by atoms with Crippen LogP contribution in [0.3, 0.4) is 0 Å². The summed E-state index contributed by atoms with van der Waals surface area (Å²) in [4.78, 5) is 19.1. The van der Waals surface area contributed by atoms with E-state index < -0.39 is 6.10 Å². The number of likely N-dealkylation sites (tertiary alicyclic amines) is 1. The summed E-state index contributed by atoms with van der Waals surface area (Å²) in [5.74, 6) is 0.259. The highest BCUT2D eigenvalue weighted by Crippen LogP contribution is 2.32. The van der Waals surface area contributed by atoms with Crippen molar-refractivity contribution in [1.29, 1.82) is 0 Å². The van der Waals surface area contributed by atoms with Crippen LogP contribution in [0.15, 0.2) is 41.1 Å². The van der Waals surface area contributed by atoms with Gasteiger partial charge in [0.25, 0.3) is 11.6 Å². The molecule has 0 spiro atoms. The van der Waals surface area contributed by atoms with Crippen molar-refractivity contribution in [3.63, 3.8) is 0 Å². The predicted octanol–water partition coefficient (Wildman–Crippen LogP) is 4.59. The van der Waals surface area contributed by atoms with Crippen molar-refractivity contribution < 1.29 is 14.4 Å². The van der Waals surface area contributed by atoms with E-state index >= 15 is 0 Å². The third-order valence-corrected chi connectivity index (χ3v) is 5.89. The first-order valence-corrected chi connectivity index (χ1v) is 10.3. The maximum Gasteiger partial charge on any atom is 0.257 e. The van der Waals surface area contributed by atoms with E-state index in [4.69, 9.17) is 16.1 Å². The van der Waals surface area contributed by atoms with E-state index in [-0.39, 0.29) is 17.7 Å². The van der Waals surface area contributed by atoms with Crippen LogP contribution < -0.4 is 0 Å². The Bertz CT molecular complexity index is 1010. The molecule has 0 saturated carbocycles. The quantitative estimate of drug-likeness (QED) is 0.676.